The Morgan fingerprint density at radius 2 is 1.48 bits per heavy atom. The van der Waals surface area contributed by atoms with Gasteiger partial charge in [-0.15, -0.1) is 0 Å². The van der Waals surface area contributed by atoms with E-state index in [-0.39, 0.29) is 12.4 Å². The Morgan fingerprint density at radius 1 is 0.788 bits per heavy atom. The van der Waals surface area contributed by atoms with Crippen molar-refractivity contribution in [2.45, 2.75) is 39.0 Å². The molecule has 3 aromatic rings. The van der Waals surface area contributed by atoms with Crippen LogP contribution in [0.4, 0.5) is 0 Å². The van der Waals surface area contributed by atoms with Gasteiger partial charge >= 0.3 is 5.97 Å². The second kappa shape index (κ2) is 13.2. The van der Waals surface area contributed by atoms with Crippen LogP contribution < -0.4 is 14.2 Å². The molecule has 3 aromatic carbocycles. The number of methoxy groups -OCH3 is 1. The highest BCUT2D eigenvalue weighted by molar-refractivity contribution is 5.72. The number of carbonyl (C=O) groups is 1. The zero-order valence-electron chi connectivity index (χ0n) is 19.4. The Bertz CT molecular complexity index is 983. The van der Waals surface area contributed by atoms with E-state index in [0.717, 1.165) is 59.8 Å². The number of para-hydroxylation sites is 1. The second-order valence-electron chi connectivity index (χ2n) is 7.74. The third-order valence-corrected chi connectivity index (χ3v) is 5.09. The maximum atomic E-state index is 11.3. The predicted octanol–water partition coefficient (Wildman–Crippen LogP) is 6.38. The van der Waals surface area contributed by atoms with Crippen LogP contribution in [0.3, 0.4) is 0 Å². The zero-order chi connectivity index (χ0) is 23.3. The molecule has 0 atom stereocenters. The fourth-order valence-electron chi connectivity index (χ4n) is 3.37. The standard InChI is InChI=1S/C28H32O5/c1-3-9-23-21-26(33-25-10-5-4-6-11-25)16-17-27(23)32-19-8-7-18-31-24-14-12-22(13-15-24)20-28(29)30-2/h4-6,10-17,21H,3,7-9,18-20H2,1-2H3. The van der Waals surface area contributed by atoms with Gasteiger partial charge in [-0.3, -0.25) is 4.79 Å². The van der Waals surface area contributed by atoms with Crippen LogP contribution in [0.2, 0.25) is 0 Å². The van der Waals surface area contributed by atoms with E-state index >= 15 is 0 Å². The summed E-state index contributed by atoms with van der Waals surface area (Å²) in [7, 11) is 1.39. The number of aryl methyl sites for hydroxylation is 1. The molecule has 0 aliphatic carbocycles. The van der Waals surface area contributed by atoms with Crippen molar-refractivity contribution in [2.24, 2.45) is 0 Å². The summed E-state index contributed by atoms with van der Waals surface area (Å²) in [6, 6.07) is 23.3. The molecule has 0 N–H and O–H groups in total. The monoisotopic (exact) mass is 448 g/mol. The number of carbonyl (C=O) groups excluding carboxylic acids is 1. The van der Waals surface area contributed by atoms with Crippen LogP contribution in [0.5, 0.6) is 23.0 Å². The average molecular weight is 449 g/mol. The molecule has 0 aromatic heterocycles. The number of ether oxygens (including phenoxy) is 4. The lowest BCUT2D eigenvalue weighted by atomic mass is 10.1. The molecule has 0 aliphatic rings. The average Bonchev–Trinajstić information content (AvgIpc) is 2.84. The van der Waals surface area contributed by atoms with E-state index in [4.69, 9.17) is 14.2 Å². The highest BCUT2D eigenvalue weighted by atomic mass is 16.5. The number of hydrogen-bond acceptors (Lipinski definition) is 5. The van der Waals surface area contributed by atoms with Crippen LogP contribution in [-0.2, 0) is 22.4 Å². The molecular weight excluding hydrogens is 416 g/mol. The van der Waals surface area contributed by atoms with E-state index in [1.165, 1.54) is 7.11 Å². The Hall–Kier alpha value is -3.47. The molecule has 0 saturated heterocycles. The van der Waals surface area contributed by atoms with Crippen molar-refractivity contribution < 1.29 is 23.7 Å². The van der Waals surface area contributed by atoms with Gasteiger partial charge in [-0.25, -0.2) is 0 Å². The first-order valence-corrected chi connectivity index (χ1v) is 11.4. The Morgan fingerprint density at radius 3 is 2.18 bits per heavy atom. The van der Waals surface area contributed by atoms with Crippen molar-refractivity contribution in [1.82, 2.24) is 0 Å². The molecular formula is C28H32O5. The summed E-state index contributed by atoms with van der Waals surface area (Å²) in [5.41, 5.74) is 2.07. The maximum absolute atomic E-state index is 11.3. The Kier molecular flexibility index (Phi) is 9.64. The number of rotatable bonds is 13. The van der Waals surface area contributed by atoms with Crippen molar-refractivity contribution in [3.63, 3.8) is 0 Å². The first kappa shape index (κ1) is 24.2. The van der Waals surface area contributed by atoms with Gasteiger partial charge < -0.3 is 18.9 Å². The summed E-state index contributed by atoms with van der Waals surface area (Å²) < 4.78 is 22.5. The van der Waals surface area contributed by atoms with Crippen molar-refractivity contribution in [2.75, 3.05) is 20.3 Å². The largest absolute Gasteiger partial charge is 0.494 e. The van der Waals surface area contributed by atoms with Gasteiger partial charge in [-0.1, -0.05) is 43.7 Å². The maximum Gasteiger partial charge on any atom is 0.309 e. The molecule has 5 heteroatoms. The normalized spacial score (nSPS) is 10.5. The molecule has 0 bridgehead atoms. The van der Waals surface area contributed by atoms with Crippen LogP contribution in [0.1, 0.15) is 37.3 Å². The quantitative estimate of drug-likeness (QED) is 0.224. The Labute approximate surface area is 196 Å². The summed E-state index contributed by atoms with van der Waals surface area (Å²) in [6.07, 6.45) is 4.04. The first-order chi connectivity index (χ1) is 16.2. The minimum Gasteiger partial charge on any atom is -0.494 e. The highest BCUT2D eigenvalue weighted by Gasteiger charge is 2.07. The van der Waals surface area contributed by atoms with E-state index < -0.39 is 0 Å². The molecule has 5 nitrogen and oxygen atoms in total. The first-order valence-electron chi connectivity index (χ1n) is 11.4. The van der Waals surface area contributed by atoms with Crippen molar-refractivity contribution in [3.05, 3.63) is 83.9 Å². The SMILES string of the molecule is CCCc1cc(Oc2ccccc2)ccc1OCCCCOc1ccc(CC(=O)OC)cc1. The molecule has 174 valence electrons. The van der Waals surface area contributed by atoms with Gasteiger partial charge in [-0.05, 0) is 72.9 Å². The number of benzene rings is 3. The summed E-state index contributed by atoms with van der Waals surface area (Å²) in [4.78, 5) is 11.3. The molecule has 0 fully saturated rings. The molecule has 0 radical (unpaired) electrons. The van der Waals surface area contributed by atoms with E-state index in [1.54, 1.807) is 0 Å². The van der Waals surface area contributed by atoms with E-state index in [9.17, 15) is 4.79 Å². The van der Waals surface area contributed by atoms with Crippen molar-refractivity contribution in [1.29, 1.82) is 0 Å². The number of unbranched alkanes of at least 4 members (excludes halogenated alkanes) is 1. The summed E-state index contributed by atoms with van der Waals surface area (Å²) in [5.74, 6) is 3.11. The third kappa shape index (κ3) is 8.19. The molecule has 3 rings (SSSR count). The molecule has 33 heavy (non-hydrogen) atoms. The van der Waals surface area contributed by atoms with Gasteiger partial charge in [0.25, 0.3) is 0 Å². The molecule has 0 amide bonds. The van der Waals surface area contributed by atoms with Gasteiger partial charge in [0.1, 0.15) is 23.0 Å². The van der Waals surface area contributed by atoms with Crippen molar-refractivity contribution in [3.8, 4) is 23.0 Å². The zero-order valence-corrected chi connectivity index (χ0v) is 19.4. The van der Waals surface area contributed by atoms with E-state index in [0.29, 0.717) is 13.2 Å². The lowest BCUT2D eigenvalue weighted by Gasteiger charge is -2.14. The Balaban J connectivity index is 1.41. The number of hydrogen-bond donors (Lipinski definition) is 0. The van der Waals surface area contributed by atoms with Crippen LogP contribution in [-0.4, -0.2) is 26.3 Å². The van der Waals surface area contributed by atoms with Crippen LogP contribution in [0.15, 0.2) is 72.8 Å². The number of esters is 1. The summed E-state index contributed by atoms with van der Waals surface area (Å²) in [6.45, 7) is 3.41. The van der Waals surface area contributed by atoms with Crippen LogP contribution in [0.25, 0.3) is 0 Å². The van der Waals surface area contributed by atoms with Crippen LogP contribution >= 0.6 is 0 Å². The van der Waals surface area contributed by atoms with Gasteiger partial charge in [0, 0.05) is 0 Å². The lowest BCUT2D eigenvalue weighted by molar-refractivity contribution is -0.139. The van der Waals surface area contributed by atoms with Crippen molar-refractivity contribution >= 4 is 5.97 Å². The molecule has 0 aliphatic heterocycles. The molecule has 0 unspecified atom stereocenters. The minimum absolute atomic E-state index is 0.246. The summed E-state index contributed by atoms with van der Waals surface area (Å²) >= 11 is 0. The van der Waals surface area contributed by atoms with E-state index in [1.807, 2.05) is 66.7 Å². The molecule has 0 heterocycles. The summed E-state index contributed by atoms with van der Waals surface area (Å²) in [5, 5.41) is 0. The van der Waals surface area contributed by atoms with Gasteiger partial charge in [-0.2, -0.15) is 0 Å². The second-order valence-corrected chi connectivity index (χ2v) is 7.74. The fourth-order valence-corrected chi connectivity index (χ4v) is 3.37. The fraction of sp³-hybridized carbons (Fsp3) is 0.321. The molecule has 0 spiro atoms. The van der Waals surface area contributed by atoms with Crippen LogP contribution in [0, 0.1) is 0 Å². The van der Waals surface area contributed by atoms with E-state index in [2.05, 4.69) is 17.7 Å². The minimum atomic E-state index is -0.246. The van der Waals surface area contributed by atoms with Gasteiger partial charge in [0.2, 0.25) is 0 Å². The predicted molar refractivity (Wildman–Crippen MR) is 129 cm³/mol. The smallest absolute Gasteiger partial charge is 0.309 e. The molecule has 0 saturated carbocycles. The van der Waals surface area contributed by atoms with Gasteiger partial charge in [0.05, 0.1) is 26.7 Å². The topological polar surface area (TPSA) is 54.0 Å². The van der Waals surface area contributed by atoms with Gasteiger partial charge in [0.15, 0.2) is 0 Å². The highest BCUT2D eigenvalue weighted by Crippen LogP contribution is 2.29. The third-order valence-electron chi connectivity index (χ3n) is 5.09. The lowest BCUT2D eigenvalue weighted by Crippen LogP contribution is -2.05.